The summed E-state index contributed by atoms with van der Waals surface area (Å²) in [7, 11) is 0. The van der Waals surface area contributed by atoms with Gasteiger partial charge in [-0.2, -0.15) is 0 Å². The molecule has 0 saturated carbocycles. The van der Waals surface area contributed by atoms with Crippen LogP contribution in [0.25, 0.3) is 0 Å². The van der Waals surface area contributed by atoms with Gasteiger partial charge in [-0.05, 0) is 24.0 Å². The molecule has 28 heavy (non-hydrogen) atoms. The summed E-state index contributed by atoms with van der Waals surface area (Å²) in [5.41, 5.74) is 5.71. The van der Waals surface area contributed by atoms with Crippen molar-refractivity contribution in [2.24, 2.45) is 0 Å². The first-order chi connectivity index (χ1) is 13.8. The molecule has 1 amide bonds. The van der Waals surface area contributed by atoms with Crippen LogP contribution < -0.4 is 5.48 Å². The Hall–Kier alpha value is -2.76. The molecule has 0 aromatic heterocycles. The van der Waals surface area contributed by atoms with Crippen LogP contribution in [-0.4, -0.2) is 30.2 Å². The number of nitrogens with one attached hydrogen (secondary N) is 1. The largest absolute Gasteiger partial charge is 0.301 e. The average molecular weight is 378 g/mol. The molecule has 5 nitrogen and oxygen atoms in total. The first-order valence-electron chi connectivity index (χ1n) is 9.63. The van der Waals surface area contributed by atoms with Crippen molar-refractivity contribution in [3.05, 3.63) is 83.4 Å². The van der Waals surface area contributed by atoms with E-state index in [9.17, 15) is 9.59 Å². The van der Waals surface area contributed by atoms with E-state index in [2.05, 4.69) is 16.5 Å². The Kier molecular flexibility index (Phi) is 7.53. The molecule has 0 fully saturated rings. The normalized spacial score (nSPS) is 15.5. The Morgan fingerprint density at radius 1 is 1.11 bits per heavy atom. The van der Waals surface area contributed by atoms with Crippen LogP contribution in [0.2, 0.25) is 0 Å². The van der Waals surface area contributed by atoms with Gasteiger partial charge in [-0.15, -0.1) is 0 Å². The van der Waals surface area contributed by atoms with E-state index >= 15 is 0 Å². The second kappa shape index (κ2) is 10.5. The van der Waals surface area contributed by atoms with Crippen LogP contribution in [0.5, 0.6) is 0 Å². The molecule has 0 radical (unpaired) electrons. The smallest absolute Gasteiger partial charge is 0.243 e. The van der Waals surface area contributed by atoms with E-state index in [1.54, 1.807) is 0 Å². The fraction of sp³-hybridized carbons (Fsp3) is 0.304. The molecule has 146 valence electrons. The zero-order valence-corrected chi connectivity index (χ0v) is 15.9. The number of nitrogens with zero attached hydrogens (tertiary/aromatic N) is 1. The van der Waals surface area contributed by atoms with Crippen molar-refractivity contribution < 1.29 is 14.4 Å². The van der Waals surface area contributed by atoms with E-state index in [1.165, 1.54) is 5.57 Å². The van der Waals surface area contributed by atoms with E-state index in [-0.39, 0.29) is 11.9 Å². The maximum atomic E-state index is 12.0. The quantitative estimate of drug-likeness (QED) is 0.412. The minimum Gasteiger partial charge on any atom is -0.301 e. The van der Waals surface area contributed by atoms with Crippen LogP contribution in [0.15, 0.2) is 72.3 Å². The minimum absolute atomic E-state index is 0.135. The molecule has 0 aliphatic carbocycles. The maximum absolute atomic E-state index is 12.0. The number of carbonyl (C=O) groups excluding carboxylic acids is 2. The van der Waals surface area contributed by atoms with Gasteiger partial charge in [0.15, 0.2) is 0 Å². The number of aldehydes is 1. The SMILES string of the molecule is O=CC(c1ccccc1)N1CCC=C(CCC(=O)NOCc2ccccc2)C1. The van der Waals surface area contributed by atoms with E-state index in [1.807, 2.05) is 60.7 Å². The predicted octanol–water partition coefficient (Wildman–Crippen LogP) is 3.59. The first kappa shape index (κ1) is 20.0. The van der Waals surface area contributed by atoms with E-state index < -0.39 is 0 Å². The molecule has 1 heterocycles. The van der Waals surface area contributed by atoms with E-state index in [4.69, 9.17) is 4.84 Å². The molecule has 1 aliphatic rings. The molecule has 0 spiro atoms. The Balaban J connectivity index is 1.43. The molecule has 2 aromatic rings. The maximum Gasteiger partial charge on any atom is 0.243 e. The summed E-state index contributed by atoms with van der Waals surface area (Å²) in [6.45, 7) is 1.89. The summed E-state index contributed by atoms with van der Waals surface area (Å²) in [5.74, 6) is -0.135. The van der Waals surface area contributed by atoms with Gasteiger partial charge in [0.1, 0.15) is 6.29 Å². The molecular formula is C23H26N2O3. The lowest BCUT2D eigenvalue weighted by atomic mass is 10.00. The number of rotatable bonds is 9. The highest BCUT2D eigenvalue weighted by atomic mass is 16.6. The minimum atomic E-state index is -0.243. The first-order valence-corrected chi connectivity index (χ1v) is 9.63. The van der Waals surface area contributed by atoms with Gasteiger partial charge in [0, 0.05) is 19.5 Å². The molecule has 1 unspecified atom stereocenters. The van der Waals surface area contributed by atoms with Crippen LogP contribution in [0, 0.1) is 0 Å². The molecule has 2 aromatic carbocycles. The number of benzene rings is 2. The molecule has 0 saturated heterocycles. The summed E-state index contributed by atoms with van der Waals surface area (Å²) >= 11 is 0. The Morgan fingerprint density at radius 3 is 2.54 bits per heavy atom. The standard InChI is InChI=1S/C23H26N2O3/c26-17-22(21-11-5-2-6-12-21)25-15-7-10-19(16-25)13-14-23(27)24-28-18-20-8-3-1-4-9-20/h1-6,8-12,17,22H,7,13-16,18H2,(H,24,27). The van der Waals surface area contributed by atoms with Crippen molar-refractivity contribution in [2.75, 3.05) is 13.1 Å². The zero-order chi connectivity index (χ0) is 19.6. The van der Waals surface area contributed by atoms with Gasteiger partial charge in [0.05, 0.1) is 12.6 Å². The molecule has 3 rings (SSSR count). The van der Waals surface area contributed by atoms with E-state index in [0.29, 0.717) is 26.0 Å². The number of amides is 1. The third-order valence-corrected chi connectivity index (χ3v) is 4.86. The zero-order valence-electron chi connectivity index (χ0n) is 15.9. The molecule has 5 heteroatoms. The highest BCUT2D eigenvalue weighted by molar-refractivity contribution is 5.75. The van der Waals surface area contributed by atoms with Gasteiger partial charge in [0.2, 0.25) is 5.91 Å². The fourth-order valence-electron chi connectivity index (χ4n) is 3.38. The van der Waals surface area contributed by atoms with Crippen LogP contribution in [0.4, 0.5) is 0 Å². The number of hydroxylamine groups is 1. The summed E-state index contributed by atoms with van der Waals surface area (Å²) < 4.78 is 0. The van der Waals surface area contributed by atoms with Crippen LogP contribution in [0.3, 0.4) is 0 Å². The second-order valence-corrected chi connectivity index (χ2v) is 6.91. The van der Waals surface area contributed by atoms with Gasteiger partial charge >= 0.3 is 0 Å². The lowest BCUT2D eigenvalue weighted by Crippen LogP contribution is -2.35. The van der Waals surface area contributed by atoms with Crippen molar-refractivity contribution in [2.45, 2.75) is 31.9 Å². The third kappa shape index (κ3) is 5.87. The Labute approximate surface area is 166 Å². The molecular weight excluding hydrogens is 352 g/mol. The Bertz CT molecular complexity index is 790. The lowest BCUT2D eigenvalue weighted by Gasteiger charge is -2.32. The number of hydrogen-bond acceptors (Lipinski definition) is 4. The third-order valence-electron chi connectivity index (χ3n) is 4.86. The molecule has 1 N–H and O–H groups in total. The lowest BCUT2D eigenvalue weighted by molar-refractivity contribution is -0.134. The van der Waals surface area contributed by atoms with Crippen molar-refractivity contribution in [1.29, 1.82) is 0 Å². The van der Waals surface area contributed by atoms with Gasteiger partial charge in [-0.25, -0.2) is 5.48 Å². The van der Waals surface area contributed by atoms with Crippen LogP contribution >= 0.6 is 0 Å². The topological polar surface area (TPSA) is 58.6 Å². The monoisotopic (exact) mass is 378 g/mol. The summed E-state index contributed by atoms with van der Waals surface area (Å²) in [4.78, 5) is 31.2. The molecule has 1 atom stereocenters. The average Bonchev–Trinajstić information content (AvgIpc) is 2.75. The van der Waals surface area contributed by atoms with E-state index in [0.717, 1.165) is 30.4 Å². The van der Waals surface area contributed by atoms with Crippen LogP contribution in [0.1, 0.15) is 36.4 Å². The highest BCUT2D eigenvalue weighted by Crippen LogP contribution is 2.24. The summed E-state index contributed by atoms with van der Waals surface area (Å²) in [6.07, 6.45) is 5.10. The van der Waals surface area contributed by atoms with Crippen molar-refractivity contribution >= 4 is 12.2 Å². The Morgan fingerprint density at radius 2 is 1.82 bits per heavy atom. The van der Waals surface area contributed by atoms with Crippen molar-refractivity contribution in [3.63, 3.8) is 0 Å². The van der Waals surface area contributed by atoms with Crippen molar-refractivity contribution in [3.8, 4) is 0 Å². The van der Waals surface area contributed by atoms with Gasteiger partial charge in [-0.1, -0.05) is 72.3 Å². The highest BCUT2D eigenvalue weighted by Gasteiger charge is 2.22. The second-order valence-electron chi connectivity index (χ2n) is 6.91. The fourth-order valence-corrected chi connectivity index (χ4v) is 3.38. The van der Waals surface area contributed by atoms with Crippen LogP contribution in [-0.2, 0) is 21.0 Å². The van der Waals surface area contributed by atoms with Gasteiger partial charge in [0.25, 0.3) is 0 Å². The van der Waals surface area contributed by atoms with Gasteiger partial charge in [-0.3, -0.25) is 14.5 Å². The number of carbonyl (C=O) groups is 2. The predicted molar refractivity (Wildman–Crippen MR) is 108 cm³/mol. The number of hydrogen-bond donors (Lipinski definition) is 1. The molecule has 1 aliphatic heterocycles. The summed E-state index contributed by atoms with van der Waals surface area (Å²) in [6, 6.07) is 19.3. The van der Waals surface area contributed by atoms with Crippen molar-refractivity contribution in [1.82, 2.24) is 10.4 Å². The molecule has 0 bridgehead atoms. The van der Waals surface area contributed by atoms with Gasteiger partial charge < -0.3 is 4.79 Å². The summed E-state index contributed by atoms with van der Waals surface area (Å²) in [5, 5.41) is 0.